The molecule has 0 saturated heterocycles. The summed E-state index contributed by atoms with van der Waals surface area (Å²) in [6.07, 6.45) is 7.66. The molecular formula is C16H30O5. The second kappa shape index (κ2) is 11.7. The molecular weight excluding hydrogens is 272 g/mol. The van der Waals surface area contributed by atoms with Gasteiger partial charge in [-0.1, -0.05) is 39.2 Å². The van der Waals surface area contributed by atoms with E-state index in [1.54, 1.807) is 0 Å². The quantitative estimate of drug-likeness (QED) is 0.226. The van der Waals surface area contributed by atoms with E-state index in [4.69, 9.17) is 18.9 Å². The maximum absolute atomic E-state index is 11.4. The SMILES string of the molecule is C=CC(=O)OC(CCCCCCC)CC(OC)(OC)OC. The molecule has 0 aromatic rings. The highest BCUT2D eigenvalue weighted by atomic mass is 16.9. The largest absolute Gasteiger partial charge is 0.459 e. The highest BCUT2D eigenvalue weighted by Crippen LogP contribution is 2.24. The van der Waals surface area contributed by atoms with E-state index in [9.17, 15) is 4.79 Å². The third kappa shape index (κ3) is 8.19. The highest BCUT2D eigenvalue weighted by molar-refractivity contribution is 5.81. The minimum absolute atomic E-state index is 0.322. The minimum atomic E-state index is -1.18. The van der Waals surface area contributed by atoms with Gasteiger partial charge in [0.15, 0.2) is 0 Å². The van der Waals surface area contributed by atoms with Crippen molar-refractivity contribution >= 4 is 5.97 Å². The van der Waals surface area contributed by atoms with E-state index in [0.29, 0.717) is 6.42 Å². The van der Waals surface area contributed by atoms with E-state index >= 15 is 0 Å². The van der Waals surface area contributed by atoms with Gasteiger partial charge in [-0.25, -0.2) is 4.79 Å². The van der Waals surface area contributed by atoms with Crippen molar-refractivity contribution in [3.63, 3.8) is 0 Å². The van der Waals surface area contributed by atoms with Gasteiger partial charge in [0.25, 0.3) is 5.97 Å². The van der Waals surface area contributed by atoms with Crippen molar-refractivity contribution in [2.24, 2.45) is 0 Å². The summed E-state index contributed by atoms with van der Waals surface area (Å²) in [6, 6.07) is 0. The van der Waals surface area contributed by atoms with Gasteiger partial charge in [0.05, 0.1) is 6.42 Å². The third-order valence-electron chi connectivity index (χ3n) is 3.49. The Morgan fingerprint density at radius 1 is 1.10 bits per heavy atom. The fourth-order valence-electron chi connectivity index (χ4n) is 2.17. The van der Waals surface area contributed by atoms with Crippen LogP contribution in [0.15, 0.2) is 12.7 Å². The Bertz CT molecular complexity index is 278. The monoisotopic (exact) mass is 302 g/mol. The lowest BCUT2D eigenvalue weighted by Gasteiger charge is -2.32. The van der Waals surface area contributed by atoms with E-state index < -0.39 is 11.9 Å². The Hall–Kier alpha value is -0.910. The number of hydrogen-bond acceptors (Lipinski definition) is 5. The van der Waals surface area contributed by atoms with Gasteiger partial charge >= 0.3 is 5.97 Å². The van der Waals surface area contributed by atoms with Crippen LogP contribution in [0.4, 0.5) is 0 Å². The summed E-state index contributed by atoms with van der Waals surface area (Å²) in [6.45, 7) is 5.60. The van der Waals surface area contributed by atoms with Crippen LogP contribution in [0.25, 0.3) is 0 Å². The number of carbonyl (C=O) groups is 1. The molecule has 0 saturated carbocycles. The predicted molar refractivity (Wildman–Crippen MR) is 81.8 cm³/mol. The molecule has 21 heavy (non-hydrogen) atoms. The van der Waals surface area contributed by atoms with Crippen molar-refractivity contribution in [3.8, 4) is 0 Å². The molecule has 0 rings (SSSR count). The number of ether oxygens (including phenoxy) is 4. The number of methoxy groups -OCH3 is 3. The molecule has 124 valence electrons. The second-order valence-corrected chi connectivity index (χ2v) is 4.97. The Morgan fingerprint density at radius 2 is 1.67 bits per heavy atom. The van der Waals surface area contributed by atoms with Crippen LogP contribution >= 0.6 is 0 Å². The molecule has 5 nitrogen and oxygen atoms in total. The van der Waals surface area contributed by atoms with Crippen LogP contribution in [0.2, 0.25) is 0 Å². The van der Waals surface area contributed by atoms with Gasteiger partial charge in [-0.15, -0.1) is 0 Å². The Morgan fingerprint density at radius 3 is 2.14 bits per heavy atom. The minimum Gasteiger partial charge on any atom is -0.459 e. The summed E-state index contributed by atoms with van der Waals surface area (Å²) in [5.74, 6) is -1.62. The first-order valence-corrected chi connectivity index (χ1v) is 7.56. The zero-order valence-electron chi connectivity index (χ0n) is 13.9. The molecule has 1 atom stereocenters. The maximum Gasteiger partial charge on any atom is 0.330 e. The lowest BCUT2D eigenvalue weighted by molar-refractivity contribution is -0.361. The molecule has 0 aromatic carbocycles. The Balaban J connectivity index is 4.50. The van der Waals surface area contributed by atoms with E-state index in [-0.39, 0.29) is 6.10 Å². The average molecular weight is 302 g/mol. The maximum atomic E-state index is 11.4. The van der Waals surface area contributed by atoms with Crippen LogP contribution < -0.4 is 0 Å². The number of carbonyl (C=O) groups excluding carboxylic acids is 1. The first-order chi connectivity index (χ1) is 10.1. The molecule has 0 N–H and O–H groups in total. The summed E-state index contributed by atoms with van der Waals surface area (Å²) in [5, 5.41) is 0. The van der Waals surface area contributed by atoms with Crippen molar-refractivity contribution in [1.29, 1.82) is 0 Å². The average Bonchev–Trinajstić information content (AvgIpc) is 2.52. The number of esters is 1. The molecule has 0 aromatic heterocycles. The first-order valence-electron chi connectivity index (χ1n) is 7.56. The van der Waals surface area contributed by atoms with E-state index in [0.717, 1.165) is 25.3 Å². The summed E-state index contributed by atoms with van der Waals surface area (Å²) in [5.41, 5.74) is 0. The zero-order valence-corrected chi connectivity index (χ0v) is 13.9. The molecule has 0 fully saturated rings. The van der Waals surface area contributed by atoms with E-state index in [2.05, 4.69) is 13.5 Å². The second-order valence-electron chi connectivity index (χ2n) is 4.97. The lowest BCUT2D eigenvalue weighted by Crippen LogP contribution is -2.40. The Labute approximate surface area is 128 Å². The van der Waals surface area contributed by atoms with Gasteiger partial charge in [0, 0.05) is 27.4 Å². The normalized spacial score (nSPS) is 13.0. The molecule has 0 radical (unpaired) electrons. The van der Waals surface area contributed by atoms with Crippen LogP contribution in [-0.2, 0) is 23.7 Å². The van der Waals surface area contributed by atoms with Crippen LogP contribution in [-0.4, -0.2) is 39.4 Å². The van der Waals surface area contributed by atoms with Gasteiger partial charge in [0.1, 0.15) is 6.10 Å². The van der Waals surface area contributed by atoms with Gasteiger partial charge in [-0.2, -0.15) is 0 Å². The van der Waals surface area contributed by atoms with Crippen LogP contribution in [0.3, 0.4) is 0 Å². The van der Waals surface area contributed by atoms with E-state index in [1.807, 2.05) is 0 Å². The fourth-order valence-corrected chi connectivity index (χ4v) is 2.17. The van der Waals surface area contributed by atoms with Crippen molar-refractivity contribution < 1.29 is 23.7 Å². The number of hydrogen-bond donors (Lipinski definition) is 0. The van der Waals surface area contributed by atoms with Crippen molar-refractivity contribution in [3.05, 3.63) is 12.7 Å². The van der Waals surface area contributed by atoms with Gasteiger partial charge in [0.2, 0.25) is 0 Å². The summed E-state index contributed by atoms with van der Waals surface area (Å²) < 4.78 is 21.2. The van der Waals surface area contributed by atoms with Crippen LogP contribution in [0.1, 0.15) is 51.9 Å². The predicted octanol–water partition coefficient (Wildman–Crippen LogP) is 3.43. The zero-order chi connectivity index (χ0) is 16.1. The molecule has 0 aliphatic heterocycles. The van der Waals surface area contributed by atoms with E-state index in [1.165, 1.54) is 40.6 Å². The molecule has 1 unspecified atom stereocenters. The molecule has 0 aliphatic carbocycles. The smallest absolute Gasteiger partial charge is 0.330 e. The molecule has 0 aliphatic rings. The van der Waals surface area contributed by atoms with Crippen molar-refractivity contribution in [1.82, 2.24) is 0 Å². The van der Waals surface area contributed by atoms with Gasteiger partial charge in [-0.3, -0.25) is 0 Å². The van der Waals surface area contributed by atoms with Crippen LogP contribution in [0.5, 0.6) is 0 Å². The van der Waals surface area contributed by atoms with Crippen LogP contribution in [0, 0.1) is 0 Å². The van der Waals surface area contributed by atoms with Crippen molar-refractivity contribution in [2.75, 3.05) is 21.3 Å². The summed E-state index contributed by atoms with van der Waals surface area (Å²) in [4.78, 5) is 11.4. The van der Waals surface area contributed by atoms with Crippen molar-refractivity contribution in [2.45, 2.75) is 63.9 Å². The topological polar surface area (TPSA) is 54.0 Å². The fraction of sp³-hybridized carbons (Fsp3) is 0.812. The molecule has 5 heteroatoms. The Kier molecular flexibility index (Phi) is 11.2. The number of unbranched alkanes of at least 4 members (excludes halogenated alkanes) is 4. The number of rotatable bonds is 13. The lowest BCUT2D eigenvalue weighted by atomic mass is 10.0. The first kappa shape index (κ1) is 20.1. The summed E-state index contributed by atoms with van der Waals surface area (Å²) >= 11 is 0. The summed E-state index contributed by atoms with van der Waals surface area (Å²) in [7, 11) is 4.50. The molecule has 0 amide bonds. The standard InChI is InChI=1S/C16H30O5/c1-6-8-9-10-11-12-14(21-15(17)7-2)13-16(18-3,19-4)20-5/h7,14H,2,6,8-13H2,1,3-5H3. The van der Waals surface area contributed by atoms with Gasteiger partial charge in [-0.05, 0) is 12.8 Å². The molecule has 0 bridgehead atoms. The third-order valence-corrected chi connectivity index (χ3v) is 3.49. The van der Waals surface area contributed by atoms with Gasteiger partial charge < -0.3 is 18.9 Å². The molecule has 0 heterocycles. The molecule has 0 spiro atoms. The highest BCUT2D eigenvalue weighted by Gasteiger charge is 2.34.